The van der Waals surface area contributed by atoms with Gasteiger partial charge in [-0.15, -0.1) is 0 Å². The molecule has 3 atom stereocenters. The van der Waals surface area contributed by atoms with Crippen molar-refractivity contribution in [1.82, 2.24) is 10.3 Å². The number of benzene rings is 1. The largest absolute Gasteiger partial charge is 0.470 e. The number of nitrogens with zero attached hydrogens (tertiary/aromatic N) is 2. The molecule has 7 nitrogen and oxygen atoms in total. The number of hydrogen-bond donors (Lipinski definition) is 2. The van der Waals surface area contributed by atoms with Crippen LogP contribution < -0.4 is 15.8 Å². The highest BCUT2D eigenvalue weighted by molar-refractivity contribution is 5.98. The first-order valence-corrected chi connectivity index (χ1v) is 8.69. The van der Waals surface area contributed by atoms with Gasteiger partial charge < -0.3 is 20.5 Å². The quantitative estimate of drug-likeness (QED) is 0.818. The average molecular weight is 354 g/mol. The highest BCUT2D eigenvalue weighted by Gasteiger charge is 2.25. The van der Waals surface area contributed by atoms with E-state index in [-0.39, 0.29) is 6.10 Å². The van der Waals surface area contributed by atoms with Crippen LogP contribution in [0, 0.1) is 11.3 Å². The molecule has 2 unspecified atom stereocenters. The van der Waals surface area contributed by atoms with Crippen molar-refractivity contribution in [3.05, 3.63) is 36.0 Å². The molecule has 3 rings (SSSR count). The van der Waals surface area contributed by atoms with Crippen LogP contribution in [0.5, 0.6) is 5.88 Å². The predicted octanol–water partition coefficient (Wildman–Crippen LogP) is 1.76. The topological polar surface area (TPSA) is 110 Å². The number of carbonyl (C=O) groups is 1. The van der Waals surface area contributed by atoms with E-state index in [1.165, 1.54) is 0 Å². The minimum absolute atomic E-state index is 0.0121. The molecule has 0 aliphatic carbocycles. The summed E-state index contributed by atoms with van der Waals surface area (Å²) < 4.78 is 11.8. The van der Waals surface area contributed by atoms with Gasteiger partial charge in [0.15, 0.2) is 6.10 Å². The van der Waals surface area contributed by atoms with Gasteiger partial charge in [-0.1, -0.05) is 0 Å². The van der Waals surface area contributed by atoms with Crippen molar-refractivity contribution in [2.45, 2.75) is 38.1 Å². The Labute approximate surface area is 152 Å². The predicted molar refractivity (Wildman–Crippen MR) is 96.7 cm³/mol. The zero-order valence-corrected chi connectivity index (χ0v) is 14.6. The highest BCUT2D eigenvalue weighted by atomic mass is 16.5. The van der Waals surface area contributed by atoms with Crippen molar-refractivity contribution in [3.8, 4) is 11.9 Å². The summed E-state index contributed by atoms with van der Waals surface area (Å²) >= 11 is 0. The van der Waals surface area contributed by atoms with Crippen molar-refractivity contribution in [3.63, 3.8) is 0 Å². The van der Waals surface area contributed by atoms with E-state index >= 15 is 0 Å². The van der Waals surface area contributed by atoms with Crippen LogP contribution in [0.15, 0.2) is 30.5 Å². The lowest BCUT2D eigenvalue weighted by Crippen LogP contribution is -2.41. The van der Waals surface area contributed by atoms with Gasteiger partial charge in [-0.2, -0.15) is 5.26 Å². The molecular formula is C19H22N4O3. The Balaban J connectivity index is 1.76. The van der Waals surface area contributed by atoms with E-state index in [2.05, 4.69) is 16.4 Å². The summed E-state index contributed by atoms with van der Waals surface area (Å²) in [5.74, 6) is -0.0878. The lowest BCUT2D eigenvalue weighted by atomic mass is 10.1. The van der Waals surface area contributed by atoms with Gasteiger partial charge in [-0.3, -0.25) is 4.79 Å². The van der Waals surface area contributed by atoms with E-state index in [1.54, 1.807) is 37.4 Å². The summed E-state index contributed by atoms with van der Waals surface area (Å²) in [6.07, 6.45) is 2.39. The van der Waals surface area contributed by atoms with Crippen LogP contribution in [0.1, 0.15) is 30.1 Å². The third kappa shape index (κ3) is 4.10. The highest BCUT2D eigenvalue weighted by Crippen LogP contribution is 2.26. The Hall–Kier alpha value is -2.69. The first-order chi connectivity index (χ1) is 12.6. The van der Waals surface area contributed by atoms with Gasteiger partial charge in [0.2, 0.25) is 11.8 Å². The number of hydrogen-bond acceptors (Lipinski definition) is 6. The van der Waals surface area contributed by atoms with Gasteiger partial charge >= 0.3 is 0 Å². The molecule has 0 radical (unpaired) electrons. The van der Waals surface area contributed by atoms with Gasteiger partial charge in [0.1, 0.15) is 6.10 Å². The minimum atomic E-state index is -0.693. The Morgan fingerprint density at radius 1 is 1.46 bits per heavy atom. The van der Waals surface area contributed by atoms with E-state index in [1.807, 2.05) is 0 Å². The third-order valence-electron chi connectivity index (χ3n) is 4.45. The van der Waals surface area contributed by atoms with Crippen molar-refractivity contribution < 1.29 is 14.3 Å². The Morgan fingerprint density at radius 3 is 3.00 bits per heavy atom. The number of primary amides is 1. The number of carbonyl (C=O) groups excluding carboxylic acids is 1. The van der Waals surface area contributed by atoms with Crippen LogP contribution in [0.3, 0.4) is 0 Å². The van der Waals surface area contributed by atoms with Crippen LogP contribution >= 0.6 is 0 Å². The number of nitrogens with two attached hydrogens (primary N) is 1. The second-order valence-corrected chi connectivity index (χ2v) is 6.39. The second kappa shape index (κ2) is 8.13. The number of pyridine rings is 1. The first-order valence-electron chi connectivity index (χ1n) is 8.69. The molecule has 0 bridgehead atoms. The molecule has 1 aromatic heterocycles. The fourth-order valence-corrected chi connectivity index (χ4v) is 3.02. The van der Waals surface area contributed by atoms with Crippen LogP contribution in [0.25, 0.3) is 10.8 Å². The number of nitriles is 1. The van der Waals surface area contributed by atoms with Crippen LogP contribution in [0.2, 0.25) is 0 Å². The molecule has 1 amide bonds. The SMILES string of the molecule is CC(Oc1nccc2cc(C(N)=O)ccc12)C(C#N)O[C@@H]1CCCNC1. The fraction of sp³-hybridized carbons (Fsp3) is 0.421. The zero-order chi connectivity index (χ0) is 18.5. The molecule has 7 heteroatoms. The maximum absolute atomic E-state index is 11.3. The van der Waals surface area contributed by atoms with Crippen molar-refractivity contribution in [2.75, 3.05) is 13.1 Å². The number of piperidine rings is 1. The van der Waals surface area contributed by atoms with E-state index in [0.29, 0.717) is 11.4 Å². The molecule has 2 aromatic rings. The third-order valence-corrected chi connectivity index (χ3v) is 4.45. The molecule has 1 aliphatic rings. The number of ether oxygens (including phenoxy) is 2. The van der Waals surface area contributed by atoms with E-state index in [9.17, 15) is 10.1 Å². The summed E-state index contributed by atoms with van der Waals surface area (Å²) in [4.78, 5) is 15.6. The average Bonchev–Trinajstić information content (AvgIpc) is 2.66. The van der Waals surface area contributed by atoms with Crippen LogP contribution in [-0.2, 0) is 4.74 Å². The van der Waals surface area contributed by atoms with Gasteiger partial charge in [-0.25, -0.2) is 4.98 Å². The monoisotopic (exact) mass is 354 g/mol. The van der Waals surface area contributed by atoms with Gasteiger partial charge in [-0.05, 0) is 56.0 Å². The number of aromatic nitrogens is 1. The first kappa shape index (κ1) is 18.1. The molecule has 2 heterocycles. The second-order valence-electron chi connectivity index (χ2n) is 6.39. The summed E-state index contributed by atoms with van der Waals surface area (Å²) in [6, 6.07) is 9.04. The van der Waals surface area contributed by atoms with Crippen LogP contribution in [-0.4, -0.2) is 42.3 Å². The molecule has 1 aliphatic heterocycles. The van der Waals surface area contributed by atoms with E-state index in [4.69, 9.17) is 15.2 Å². The van der Waals surface area contributed by atoms with E-state index in [0.717, 1.165) is 36.7 Å². The van der Waals surface area contributed by atoms with Crippen molar-refractivity contribution in [1.29, 1.82) is 5.26 Å². The number of rotatable bonds is 6. The molecule has 0 spiro atoms. The normalized spacial score (nSPS) is 19.5. The molecular weight excluding hydrogens is 332 g/mol. The molecule has 1 fully saturated rings. The maximum Gasteiger partial charge on any atom is 0.248 e. The van der Waals surface area contributed by atoms with Crippen LogP contribution in [0.4, 0.5) is 0 Å². The molecule has 136 valence electrons. The minimum Gasteiger partial charge on any atom is -0.470 e. The lowest BCUT2D eigenvalue weighted by molar-refractivity contribution is -0.0422. The Bertz CT molecular complexity index is 827. The lowest BCUT2D eigenvalue weighted by Gasteiger charge is -2.28. The van der Waals surface area contributed by atoms with E-state index < -0.39 is 18.1 Å². The standard InChI is InChI=1S/C19H22N4O3/c1-12(17(10-20)26-15-3-2-7-22-11-15)25-19-16-5-4-14(18(21)24)9-13(16)6-8-23-19/h4-6,8-9,12,15,17,22H,2-3,7,11H2,1H3,(H2,21,24)/t12?,15-,17?/m1/s1. The summed E-state index contributed by atoms with van der Waals surface area (Å²) in [5.41, 5.74) is 5.75. The molecule has 26 heavy (non-hydrogen) atoms. The van der Waals surface area contributed by atoms with Gasteiger partial charge in [0.25, 0.3) is 0 Å². The van der Waals surface area contributed by atoms with Crippen molar-refractivity contribution >= 4 is 16.7 Å². The maximum atomic E-state index is 11.3. The van der Waals surface area contributed by atoms with Gasteiger partial charge in [0.05, 0.1) is 12.2 Å². The number of nitrogens with one attached hydrogen (secondary N) is 1. The summed E-state index contributed by atoms with van der Waals surface area (Å²) in [7, 11) is 0. The Morgan fingerprint density at radius 2 is 2.31 bits per heavy atom. The molecule has 3 N–H and O–H groups in total. The molecule has 1 saturated heterocycles. The summed E-state index contributed by atoms with van der Waals surface area (Å²) in [5, 5.41) is 14.3. The number of fused-ring (bicyclic) bond motifs is 1. The molecule has 1 aromatic carbocycles. The zero-order valence-electron chi connectivity index (χ0n) is 14.6. The Kier molecular flexibility index (Phi) is 5.66. The van der Waals surface area contributed by atoms with Crippen molar-refractivity contribution in [2.24, 2.45) is 5.73 Å². The molecule has 0 saturated carbocycles. The smallest absolute Gasteiger partial charge is 0.248 e. The fourth-order valence-electron chi connectivity index (χ4n) is 3.02. The number of amides is 1. The van der Waals surface area contributed by atoms with Gasteiger partial charge in [0, 0.05) is 23.7 Å². The summed E-state index contributed by atoms with van der Waals surface area (Å²) in [6.45, 7) is 3.52.